The molecule has 0 radical (unpaired) electrons. The Bertz CT molecular complexity index is 405. The van der Waals surface area contributed by atoms with Crippen LogP contribution in [0.15, 0.2) is 12.3 Å². The number of ether oxygens (including phenoxy) is 2. The van der Waals surface area contributed by atoms with Gasteiger partial charge in [-0.3, -0.25) is 4.98 Å². The van der Waals surface area contributed by atoms with E-state index in [0.29, 0.717) is 13.2 Å². The zero-order valence-electron chi connectivity index (χ0n) is 10.4. The van der Waals surface area contributed by atoms with E-state index in [0.717, 1.165) is 49.3 Å². The molecule has 5 heteroatoms. The summed E-state index contributed by atoms with van der Waals surface area (Å²) in [6.07, 6.45) is 3.02. The van der Waals surface area contributed by atoms with Crippen molar-refractivity contribution in [2.45, 2.75) is 13.0 Å². The molecule has 1 saturated heterocycles. The van der Waals surface area contributed by atoms with Crippen LogP contribution in [0.5, 0.6) is 11.5 Å². The van der Waals surface area contributed by atoms with Gasteiger partial charge in [-0.2, -0.15) is 0 Å². The third-order valence-corrected chi connectivity index (χ3v) is 3.39. The van der Waals surface area contributed by atoms with Crippen molar-refractivity contribution in [2.75, 3.05) is 32.8 Å². The maximum atomic E-state index is 5.54. The van der Waals surface area contributed by atoms with E-state index in [1.165, 1.54) is 6.42 Å². The Morgan fingerprint density at radius 1 is 1.33 bits per heavy atom. The molecule has 0 aliphatic carbocycles. The van der Waals surface area contributed by atoms with Crippen LogP contribution in [0.1, 0.15) is 12.1 Å². The first-order valence-corrected chi connectivity index (χ1v) is 6.58. The highest BCUT2D eigenvalue weighted by Gasteiger charge is 2.15. The minimum absolute atomic E-state index is 0.612. The molecule has 1 aromatic rings. The number of hydrogen-bond acceptors (Lipinski definition) is 5. The summed E-state index contributed by atoms with van der Waals surface area (Å²) in [5, 5.41) is 6.82. The van der Waals surface area contributed by atoms with Crippen molar-refractivity contribution >= 4 is 0 Å². The molecular formula is C13H19N3O2. The molecule has 98 valence electrons. The SMILES string of the molecule is c1nc(CNCC2CCNC2)cc2c1OCCO2. The van der Waals surface area contributed by atoms with Crippen LogP contribution in [0.4, 0.5) is 0 Å². The van der Waals surface area contributed by atoms with Gasteiger partial charge in [0.25, 0.3) is 0 Å². The summed E-state index contributed by atoms with van der Waals surface area (Å²) < 4.78 is 11.0. The molecule has 2 aliphatic heterocycles. The summed E-state index contributed by atoms with van der Waals surface area (Å²) in [5.41, 5.74) is 1.00. The molecule has 1 unspecified atom stereocenters. The standard InChI is InChI=1S/C13H19N3O2/c1-2-14-6-10(1)7-15-8-11-5-12-13(9-16-11)18-4-3-17-12/h5,9-10,14-15H,1-4,6-8H2. The van der Waals surface area contributed by atoms with Crippen molar-refractivity contribution in [3.8, 4) is 11.5 Å². The largest absolute Gasteiger partial charge is 0.486 e. The lowest BCUT2D eigenvalue weighted by molar-refractivity contribution is 0.170. The lowest BCUT2D eigenvalue weighted by atomic mass is 10.1. The van der Waals surface area contributed by atoms with E-state index >= 15 is 0 Å². The molecule has 3 heterocycles. The lowest BCUT2D eigenvalue weighted by Crippen LogP contribution is -2.24. The summed E-state index contributed by atoms with van der Waals surface area (Å²) >= 11 is 0. The second-order valence-electron chi connectivity index (χ2n) is 4.81. The summed E-state index contributed by atoms with van der Waals surface area (Å²) in [6, 6.07) is 1.97. The Kier molecular flexibility index (Phi) is 3.61. The number of pyridine rings is 1. The molecule has 0 bridgehead atoms. The van der Waals surface area contributed by atoms with Gasteiger partial charge in [-0.15, -0.1) is 0 Å². The Hall–Kier alpha value is -1.33. The molecular weight excluding hydrogens is 230 g/mol. The van der Waals surface area contributed by atoms with Crippen molar-refractivity contribution in [3.63, 3.8) is 0 Å². The van der Waals surface area contributed by atoms with E-state index in [1.807, 2.05) is 6.07 Å². The molecule has 0 aromatic carbocycles. The highest BCUT2D eigenvalue weighted by atomic mass is 16.6. The van der Waals surface area contributed by atoms with Crippen LogP contribution >= 0.6 is 0 Å². The third-order valence-electron chi connectivity index (χ3n) is 3.39. The van der Waals surface area contributed by atoms with Crippen molar-refractivity contribution in [2.24, 2.45) is 5.92 Å². The van der Waals surface area contributed by atoms with Crippen LogP contribution in [-0.2, 0) is 6.54 Å². The maximum absolute atomic E-state index is 5.54. The van der Waals surface area contributed by atoms with Crippen LogP contribution in [0.2, 0.25) is 0 Å². The molecule has 5 nitrogen and oxygen atoms in total. The fraction of sp³-hybridized carbons (Fsp3) is 0.615. The predicted molar refractivity (Wildman–Crippen MR) is 67.9 cm³/mol. The molecule has 18 heavy (non-hydrogen) atoms. The number of aromatic nitrogens is 1. The molecule has 2 N–H and O–H groups in total. The average molecular weight is 249 g/mol. The first-order valence-electron chi connectivity index (χ1n) is 6.58. The number of fused-ring (bicyclic) bond motifs is 1. The highest BCUT2D eigenvalue weighted by molar-refractivity contribution is 5.39. The van der Waals surface area contributed by atoms with Gasteiger partial charge in [0.1, 0.15) is 13.2 Å². The smallest absolute Gasteiger partial charge is 0.179 e. The van der Waals surface area contributed by atoms with Crippen LogP contribution < -0.4 is 20.1 Å². The van der Waals surface area contributed by atoms with Crippen molar-refractivity contribution in [1.82, 2.24) is 15.6 Å². The van der Waals surface area contributed by atoms with Gasteiger partial charge < -0.3 is 20.1 Å². The van der Waals surface area contributed by atoms with Gasteiger partial charge in [-0.1, -0.05) is 0 Å². The quantitative estimate of drug-likeness (QED) is 0.816. The van der Waals surface area contributed by atoms with Gasteiger partial charge in [-0.05, 0) is 32.0 Å². The van der Waals surface area contributed by atoms with E-state index in [2.05, 4.69) is 15.6 Å². The lowest BCUT2D eigenvalue weighted by Gasteiger charge is -2.18. The van der Waals surface area contributed by atoms with E-state index in [9.17, 15) is 0 Å². The van der Waals surface area contributed by atoms with Crippen LogP contribution in [0.3, 0.4) is 0 Å². The third kappa shape index (κ3) is 2.73. The van der Waals surface area contributed by atoms with Gasteiger partial charge in [0.05, 0.1) is 11.9 Å². The number of hydrogen-bond donors (Lipinski definition) is 2. The molecule has 1 aromatic heterocycles. The van der Waals surface area contributed by atoms with E-state index < -0.39 is 0 Å². The van der Waals surface area contributed by atoms with Crippen molar-refractivity contribution in [3.05, 3.63) is 18.0 Å². The minimum Gasteiger partial charge on any atom is -0.486 e. The van der Waals surface area contributed by atoms with Crippen LogP contribution in [0, 0.1) is 5.92 Å². The summed E-state index contributed by atoms with van der Waals surface area (Å²) in [7, 11) is 0. The Morgan fingerprint density at radius 3 is 3.06 bits per heavy atom. The molecule has 2 aliphatic rings. The average Bonchev–Trinajstić information content (AvgIpc) is 2.92. The summed E-state index contributed by atoms with van der Waals surface area (Å²) in [6.45, 7) is 5.34. The first kappa shape index (κ1) is 11.7. The summed E-state index contributed by atoms with van der Waals surface area (Å²) in [5.74, 6) is 2.32. The fourth-order valence-electron chi connectivity index (χ4n) is 2.38. The molecule has 0 saturated carbocycles. The normalized spacial score (nSPS) is 22.1. The monoisotopic (exact) mass is 249 g/mol. The number of nitrogens with one attached hydrogen (secondary N) is 2. The summed E-state index contributed by atoms with van der Waals surface area (Å²) in [4.78, 5) is 4.37. The van der Waals surface area contributed by atoms with Gasteiger partial charge in [0.2, 0.25) is 0 Å². The Morgan fingerprint density at radius 2 is 2.22 bits per heavy atom. The highest BCUT2D eigenvalue weighted by Crippen LogP contribution is 2.29. The van der Waals surface area contributed by atoms with Gasteiger partial charge >= 0.3 is 0 Å². The molecule has 0 spiro atoms. The Labute approximate surface area is 107 Å². The van der Waals surface area contributed by atoms with Crippen LogP contribution in [0.25, 0.3) is 0 Å². The molecule has 1 atom stereocenters. The first-order chi connectivity index (χ1) is 8.92. The maximum Gasteiger partial charge on any atom is 0.179 e. The van der Waals surface area contributed by atoms with Gasteiger partial charge in [-0.25, -0.2) is 0 Å². The Balaban J connectivity index is 1.52. The predicted octanol–water partition coefficient (Wildman–Crippen LogP) is 0.552. The molecule has 3 rings (SSSR count). The van der Waals surface area contributed by atoms with E-state index in [1.54, 1.807) is 6.20 Å². The molecule has 1 fully saturated rings. The fourth-order valence-corrected chi connectivity index (χ4v) is 2.38. The van der Waals surface area contributed by atoms with Crippen molar-refractivity contribution in [1.29, 1.82) is 0 Å². The zero-order chi connectivity index (χ0) is 12.2. The number of rotatable bonds is 4. The zero-order valence-corrected chi connectivity index (χ0v) is 10.4. The van der Waals surface area contributed by atoms with Gasteiger partial charge in [0, 0.05) is 12.6 Å². The minimum atomic E-state index is 0.612. The topological polar surface area (TPSA) is 55.4 Å². The van der Waals surface area contributed by atoms with Gasteiger partial charge in [0.15, 0.2) is 11.5 Å². The second kappa shape index (κ2) is 5.54. The number of nitrogens with zero attached hydrogens (tertiary/aromatic N) is 1. The van der Waals surface area contributed by atoms with E-state index in [4.69, 9.17) is 9.47 Å². The molecule has 0 amide bonds. The van der Waals surface area contributed by atoms with E-state index in [-0.39, 0.29) is 0 Å². The second-order valence-corrected chi connectivity index (χ2v) is 4.81. The van der Waals surface area contributed by atoms with Crippen LogP contribution in [-0.4, -0.2) is 37.8 Å². The van der Waals surface area contributed by atoms with Crippen molar-refractivity contribution < 1.29 is 9.47 Å².